The number of rotatable bonds is 7. The van der Waals surface area contributed by atoms with Gasteiger partial charge < -0.3 is 40.3 Å². The first kappa shape index (κ1) is 23.2. The molecular formula is C21H25NO8S. The van der Waals surface area contributed by atoms with E-state index in [4.69, 9.17) is 9.47 Å². The number of aliphatic hydroxyl groups is 4. The van der Waals surface area contributed by atoms with Crippen LogP contribution in [0.4, 0.5) is 0 Å². The van der Waals surface area contributed by atoms with Crippen LogP contribution in [0.25, 0.3) is 0 Å². The van der Waals surface area contributed by atoms with Crippen molar-refractivity contribution in [3.8, 4) is 17.2 Å². The zero-order valence-corrected chi connectivity index (χ0v) is 17.5. The molecule has 0 aromatic heterocycles. The van der Waals surface area contributed by atoms with Crippen molar-refractivity contribution in [3.05, 3.63) is 53.6 Å². The normalized spacial score (nSPS) is 25.6. The van der Waals surface area contributed by atoms with E-state index >= 15 is 0 Å². The molecule has 3 rings (SSSR count). The Kier molecular flexibility index (Phi) is 7.63. The van der Waals surface area contributed by atoms with E-state index in [0.717, 1.165) is 17.3 Å². The summed E-state index contributed by atoms with van der Waals surface area (Å²) < 4.78 is 10.8. The van der Waals surface area contributed by atoms with E-state index in [9.17, 15) is 30.3 Å². The van der Waals surface area contributed by atoms with Crippen LogP contribution in [-0.2, 0) is 6.54 Å². The first-order valence-electron chi connectivity index (χ1n) is 9.56. The molecule has 168 valence electrons. The Morgan fingerprint density at radius 3 is 2.42 bits per heavy atom. The Bertz CT molecular complexity index is 891. The van der Waals surface area contributed by atoms with Crippen LogP contribution < -0.4 is 14.8 Å². The Morgan fingerprint density at radius 2 is 1.77 bits per heavy atom. The molecule has 2 aromatic carbocycles. The fraction of sp³-hybridized carbons (Fsp3) is 0.381. The van der Waals surface area contributed by atoms with Crippen molar-refractivity contribution in [2.24, 2.45) is 0 Å². The predicted molar refractivity (Wildman–Crippen MR) is 113 cm³/mol. The summed E-state index contributed by atoms with van der Waals surface area (Å²) in [5, 5.41) is 51.8. The minimum absolute atomic E-state index is 0.0101. The quantitative estimate of drug-likeness (QED) is 0.348. The summed E-state index contributed by atoms with van der Waals surface area (Å²) in [6.07, 6.45) is -4.34. The molecule has 9 nitrogen and oxygen atoms in total. The maximum absolute atomic E-state index is 12.8. The van der Waals surface area contributed by atoms with Crippen LogP contribution in [0, 0.1) is 0 Å². The van der Waals surface area contributed by atoms with Crippen molar-refractivity contribution in [1.82, 2.24) is 5.32 Å². The van der Waals surface area contributed by atoms with E-state index in [-0.39, 0.29) is 23.6 Å². The molecule has 0 unspecified atom stereocenters. The maximum Gasteiger partial charge on any atom is 0.259 e. The smallest absolute Gasteiger partial charge is 0.259 e. The van der Waals surface area contributed by atoms with E-state index < -0.39 is 41.5 Å². The number of nitrogens with one attached hydrogen (secondary N) is 1. The monoisotopic (exact) mass is 451 g/mol. The average molecular weight is 451 g/mol. The fourth-order valence-corrected chi connectivity index (χ4v) is 4.38. The van der Waals surface area contributed by atoms with Crippen molar-refractivity contribution < 1.29 is 39.8 Å². The predicted octanol–water partition coefficient (Wildman–Crippen LogP) is 0.226. The fourth-order valence-electron chi connectivity index (χ4n) is 3.15. The Hall–Kier alpha value is -2.50. The van der Waals surface area contributed by atoms with Gasteiger partial charge in [0.2, 0.25) is 0 Å². The summed E-state index contributed by atoms with van der Waals surface area (Å²) >= 11 is 0.929. The van der Waals surface area contributed by atoms with E-state index in [2.05, 4.69) is 5.32 Å². The first-order chi connectivity index (χ1) is 14.8. The molecule has 0 saturated carbocycles. The molecule has 1 saturated heterocycles. The lowest BCUT2D eigenvalue weighted by molar-refractivity contribution is -0.0910. The van der Waals surface area contributed by atoms with E-state index in [0.29, 0.717) is 5.75 Å². The van der Waals surface area contributed by atoms with Crippen molar-refractivity contribution in [3.63, 3.8) is 0 Å². The van der Waals surface area contributed by atoms with Gasteiger partial charge in [0.05, 0.1) is 25.1 Å². The molecular weight excluding hydrogens is 426 g/mol. The van der Waals surface area contributed by atoms with Crippen LogP contribution in [0.2, 0.25) is 0 Å². The summed E-state index contributed by atoms with van der Waals surface area (Å²) in [5.41, 5.74) is -0.399. The summed E-state index contributed by atoms with van der Waals surface area (Å²) in [7, 11) is 1.56. The number of methoxy groups -OCH3 is 1. The number of benzene rings is 2. The van der Waals surface area contributed by atoms with E-state index in [1.54, 1.807) is 31.4 Å². The summed E-state index contributed by atoms with van der Waals surface area (Å²) in [6.45, 7) is -0.250. The van der Waals surface area contributed by atoms with Crippen LogP contribution in [0.15, 0.2) is 42.5 Å². The highest BCUT2D eigenvalue weighted by Gasteiger charge is 2.44. The average Bonchev–Trinajstić information content (AvgIpc) is 2.78. The Labute approximate surface area is 183 Å². The molecule has 1 aliphatic heterocycles. The zero-order valence-electron chi connectivity index (χ0n) is 16.7. The number of carbonyl (C=O) groups is 1. The van der Waals surface area contributed by atoms with Crippen LogP contribution in [0.1, 0.15) is 15.9 Å². The first-order valence-corrected chi connectivity index (χ1v) is 10.5. The standard InChI is InChI=1S/C21H25NO8S/c1-29-12-7-5-11(6-8-12)9-22-20(28)16-13(24)3-2-4-14(16)30-21-19(27)18(26)17(25)15(10-23)31-21/h2-8,15,17-19,21,23-27H,9-10H2,1H3,(H,22,28)/t15-,17+,18-,19+,21-/m0/s1. The lowest BCUT2D eigenvalue weighted by atomic mass is 10.0. The van der Waals surface area contributed by atoms with Gasteiger partial charge in [0.1, 0.15) is 35.0 Å². The number of amides is 1. The lowest BCUT2D eigenvalue weighted by Gasteiger charge is -2.39. The van der Waals surface area contributed by atoms with Crippen LogP contribution in [0.5, 0.6) is 17.2 Å². The molecule has 10 heteroatoms. The van der Waals surface area contributed by atoms with Gasteiger partial charge in [-0.1, -0.05) is 18.2 Å². The molecule has 1 heterocycles. The highest BCUT2D eigenvalue weighted by Crippen LogP contribution is 2.36. The minimum atomic E-state index is -1.53. The number of ether oxygens (including phenoxy) is 2. The second kappa shape index (κ2) is 10.2. The van der Waals surface area contributed by atoms with Gasteiger partial charge in [0.15, 0.2) is 5.44 Å². The third-order valence-corrected chi connectivity index (χ3v) is 6.36. The SMILES string of the molecule is COc1ccc(CNC(=O)c2c(O)cccc2O[C@H]2S[C@@H](CO)[C@@H](O)[C@H](O)[C@H]2O)cc1. The van der Waals surface area contributed by atoms with Crippen LogP contribution >= 0.6 is 11.8 Å². The number of hydrogen-bond acceptors (Lipinski definition) is 9. The van der Waals surface area contributed by atoms with Crippen LogP contribution in [-0.4, -0.2) is 74.2 Å². The molecule has 0 bridgehead atoms. The van der Waals surface area contributed by atoms with Gasteiger partial charge >= 0.3 is 0 Å². The topological polar surface area (TPSA) is 149 Å². The number of phenolic OH excluding ortho intramolecular Hbond substituents is 1. The highest BCUT2D eigenvalue weighted by atomic mass is 32.2. The molecule has 31 heavy (non-hydrogen) atoms. The summed E-state index contributed by atoms with van der Waals surface area (Å²) in [4.78, 5) is 12.8. The second-order valence-electron chi connectivity index (χ2n) is 7.00. The molecule has 5 atom stereocenters. The Morgan fingerprint density at radius 1 is 1.06 bits per heavy atom. The van der Waals surface area contributed by atoms with Gasteiger partial charge in [-0.25, -0.2) is 0 Å². The largest absolute Gasteiger partial charge is 0.507 e. The maximum atomic E-state index is 12.8. The Balaban J connectivity index is 1.75. The molecule has 2 aromatic rings. The number of aliphatic hydroxyl groups excluding tert-OH is 4. The van der Waals surface area contributed by atoms with E-state index in [1.807, 2.05) is 0 Å². The van der Waals surface area contributed by atoms with Crippen molar-refractivity contribution in [2.45, 2.75) is 35.5 Å². The van der Waals surface area contributed by atoms with Crippen molar-refractivity contribution in [1.29, 1.82) is 0 Å². The van der Waals surface area contributed by atoms with Gasteiger partial charge in [0.25, 0.3) is 5.91 Å². The van der Waals surface area contributed by atoms with Crippen molar-refractivity contribution in [2.75, 3.05) is 13.7 Å². The summed E-state index contributed by atoms with van der Waals surface area (Å²) in [6, 6.07) is 11.3. The number of phenols is 1. The number of carbonyl (C=O) groups excluding carboxylic acids is 1. The van der Waals surface area contributed by atoms with Gasteiger partial charge in [-0.05, 0) is 29.8 Å². The van der Waals surface area contributed by atoms with Crippen molar-refractivity contribution >= 4 is 17.7 Å². The molecule has 0 aliphatic carbocycles. The lowest BCUT2D eigenvalue weighted by Crippen LogP contribution is -2.55. The minimum Gasteiger partial charge on any atom is -0.507 e. The van der Waals surface area contributed by atoms with E-state index in [1.165, 1.54) is 18.2 Å². The van der Waals surface area contributed by atoms with Gasteiger partial charge in [0, 0.05) is 6.54 Å². The second-order valence-corrected chi connectivity index (χ2v) is 8.34. The third-order valence-electron chi connectivity index (χ3n) is 4.93. The number of aromatic hydroxyl groups is 1. The third kappa shape index (κ3) is 5.23. The van der Waals surface area contributed by atoms with Gasteiger partial charge in [-0.15, -0.1) is 11.8 Å². The number of thioether (sulfide) groups is 1. The van der Waals surface area contributed by atoms with Gasteiger partial charge in [-0.2, -0.15) is 0 Å². The molecule has 1 fully saturated rings. The molecule has 6 N–H and O–H groups in total. The highest BCUT2D eigenvalue weighted by molar-refractivity contribution is 8.00. The molecule has 0 radical (unpaired) electrons. The molecule has 1 amide bonds. The summed E-state index contributed by atoms with van der Waals surface area (Å²) in [5.74, 6) is -0.245. The molecule has 1 aliphatic rings. The van der Waals surface area contributed by atoms with Crippen LogP contribution in [0.3, 0.4) is 0 Å². The molecule has 0 spiro atoms. The van der Waals surface area contributed by atoms with Gasteiger partial charge in [-0.3, -0.25) is 4.79 Å². The number of hydrogen-bond donors (Lipinski definition) is 6. The zero-order chi connectivity index (χ0) is 22.5.